The molecule has 9 nitrogen and oxygen atoms in total. The Hall–Kier alpha value is -3.57. The normalized spacial score (nSPS) is 18.4. The number of nitrogens with zero attached hydrogens (tertiary/aromatic N) is 4. The Balaban J connectivity index is 1.31. The van der Waals surface area contributed by atoms with Gasteiger partial charge in [0, 0.05) is 18.7 Å². The number of hydrogen-bond acceptors (Lipinski definition) is 7. The molecule has 0 bridgehead atoms. The Morgan fingerprint density at radius 1 is 1.16 bits per heavy atom. The van der Waals surface area contributed by atoms with Crippen LogP contribution < -0.4 is 9.47 Å². The van der Waals surface area contributed by atoms with E-state index < -0.39 is 18.0 Å². The van der Waals surface area contributed by atoms with E-state index in [1.807, 2.05) is 6.07 Å². The molecular weight excluding hydrogens is 419 g/mol. The van der Waals surface area contributed by atoms with Gasteiger partial charge in [0.05, 0.1) is 11.6 Å². The van der Waals surface area contributed by atoms with Gasteiger partial charge in [0.2, 0.25) is 12.7 Å². The molecule has 12 heteroatoms. The number of aromatic amines is 1. The van der Waals surface area contributed by atoms with Crippen molar-refractivity contribution in [2.24, 2.45) is 0 Å². The summed E-state index contributed by atoms with van der Waals surface area (Å²) in [4.78, 5) is 14.5. The second-order valence-corrected chi connectivity index (χ2v) is 7.27. The highest BCUT2D eigenvalue weighted by molar-refractivity contribution is 5.93. The number of likely N-dealkylation sites (tertiary alicyclic amines) is 1. The molecule has 2 aliphatic heterocycles. The number of aromatic nitrogens is 4. The lowest BCUT2D eigenvalue weighted by atomic mass is 9.97. The summed E-state index contributed by atoms with van der Waals surface area (Å²) in [6, 6.07) is 6.97. The summed E-state index contributed by atoms with van der Waals surface area (Å²) in [6.07, 6.45) is -3.55. The summed E-state index contributed by atoms with van der Waals surface area (Å²) in [6.45, 7) is 0.800. The molecule has 0 radical (unpaired) electrons. The van der Waals surface area contributed by atoms with Gasteiger partial charge < -0.3 is 18.8 Å². The van der Waals surface area contributed by atoms with E-state index in [9.17, 15) is 18.0 Å². The quantitative estimate of drug-likeness (QED) is 0.673. The van der Waals surface area contributed by atoms with Gasteiger partial charge in [-0.2, -0.15) is 18.3 Å². The fourth-order valence-corrected chi connectivity index (χ4v) is 3.68. The van der Waals surface area contributed by atoms with Crippen molar-refractivity contribution in [1.82, 2.24) is 25.3 Å². The number of amides is 1. The van der Waals surface area contributed by atoms with E-state index in [0.717, 1.165) is 5.56 Å². The molecule has 1 saturated heterocycles. The fraction of sp³-hybridized carbons (Fsp3) is 0.368. The number of rotatable bonds is 3. The molecule has 31 heavy (non-hydrogen) atoms. The smallest absolute Gasteiger partial charge is 0.454 e. The van der Waals surface area contributed by atoms with Crippen LogP contribution >= 0.6 is 0 Å². The third-order valence-electron chi connectivity index (χ3n) is 5.22. The topological polar surface area (TPSA) is 106 Å². The molecule has 0 aliphatic carbocycles. The number of alkyl halides is 3. The van der Waals surface area contributed by atoms with Crippen molar-refractivity contribution in [1.29, 1.82) is 0 Å². The number of H-pyrrole nitrogens is 1. The maximum absolute atomic E-state index is 12.9. The van der Waals surface area contributed by atoms with Gasteiger partial charge in [-0.15, -0.1) is 10.2 Å². The van der Waals surface area contributed by atoms with Crippen LogP contribution in [0.1, 0.15) is 41.0 Å². The maximum atomic E-state index is 12.9. The van der Waals surface area contributed by atoms with Gasteiger partial charge in [-0.05, 0) is 37.1 Å². The van der Waals surface area contributed by atoms with Crippen LogP contribution in [0.4, 0.5) is 13.2 Å². The molecule has 0 spiro atoms. The molecule has 1 N–H and O–H groups in total. The van der Waals surface area contributed by atoms with Crippen LogP contribution in [0.5, 0.6) is 11.5 Å². The molecule has 1 unspecified atom stereocenters. The monoisotopic (exact) mass is 435 g/mol. The largest absolute Gasteiger partial charge is 0.470 e. The molecule has 2 aliphatic rings. The maximum Gasteiger partial charge on any atom is 0.470 e. The lowest BCUT2D eigenvalue weighted by molar-refractivity contribution is -0.157. The van der Waals surface area contributed by atoms with Gasteiger partial charge >= 0.3 is 12.1 Å². The van der Waals surface area contributed by atoms with Gasteiger partial charge in [0.15, 0.2) is 11.5 Å². The average Bonchev–Trinajstić information content (AvgIpc) is 3.52. The van der Waals surface area contributed by atoms with E-state index in [-0.39, 0.29) is 30.8 Å². The number of piperidine rings is 1. The average molecular weight is 435 g/mol. The standard InChI is InChI=1S/C19H16F3N5O4/c20-19(21,22)18-26-25-16(31-18)11-2-1-5-27(8-11)17(28)13-7-12(23-24-13)10-3-4-14-15(6-10)30-9-29-14/h3-4,6-7,11H,1-2,5,8-9H2,(H,23,24). The molecule has 1 aromatic carbocycles. The minimum atomic E-state index is -4.70. The van der Waals surface area contributed by atoms with Crippen molar-refractivity contribution >= 4 is 5.91 Å². The zero-order chi connectivity index (χ0) is 21.6. The number of carbonyl (C=O) groups excluding carboxylic acids is 1. The second kappa shape index (κ2) is 7.29. The van der Waals surface area contributed by atoms with E-state index in [4.69, 9.17) is 13.9 Å². The number of benzene rings is 1. The van der Waals surface area contributed by atoms with Gasteiger partial charge in [-0.25, -0.2) is 0 Å². The van der Waals surface area contributed by atoms with Crippen molar-refractivity contribution in [2.75, 3.05) is 19.9 Å². The first-order valence-electron chi connectivity index (χ1n) is 9.54. The summed E-state index contributed by atoms with van der Waals surface area (Å²) < 4.78 is 53.6. The summed E-state index contributed by atoms with van der Waals surface area (Å²) in [7, 11) is 0. The molecule has 1 amide bonds. The molecule has 0 saturated carbocycles. The molecule has 1 fully saturated rings. The van der Waals surface area contributed by atoms with Crippen LogP contribution in [-0.4, -0.2) is 51.1 Å². The first kappa shape index (κ1) is 19.4. The molecule has 4 heterocycles. The zero-order valence-corrected chi connectivity index (χ0v) is 16.0. The van der Waals surface area contributed by atoms with Crippen LogP contribution in [0.3, 0.4) is 0 Å². The predicted octanol–water partition coefficient (Wildman–Crippen LogP) is 3.23. The highest BCUT2D eigenvalue weighted by atomic mass is 19.4. The van der Waals surface area contributed by atoms with Crippen LogP contribution in [-0.2, 0) is 6.18 Å². The lowest BCUT2D eigenvalue weighted by Gasteiger charge is -2.30. The Morgan fingerprint density at radius 3 is 2.81 bits per heavy atom. The number of ether oxygens (including phenoxy) is 2. The molecule has 1 atom stereocenters. The van der Waals surface area contributed by atoms with E-state index in [1.165, 1.54) is 0 Å². The van der Waals surface area contributed by atoms with Crippen molar-refractivity contribution in [3.05, 3.63) is 41.7 Å². The molecule has 5 rings (SSSR count). The van der Waals surface area contributed by atoms with Gasteiger partial charge in [0.1, 0.15) is 5.69 Å². The van der Waals surface area contributed by atoms with Crippen LogP contribution in [0, 0.1) is 0 Å². The minimum absolute atomic E-state index is 0.115. The van der Waals surface area contributed by atoms with E-state index in [0.29, 0.717) is 36.6 Å². The summed E-state index contributed by atoms with van der Waals surface area (Å²) in [5.41, 5.74) is 1.58. The van der Waals surface area contributed by atoms with Crippen LogP contribution in [0.25, 0.3) is 11.3 Å². The van der Waals surface area contributed by atoms with Crippen molar-refractivity contribution in [3.8, 4) is 22.8 Å². The molecule has 3 aromatic rings. The van der Waals surface area contributed by atoms with Gasteiger partial charge in [-0.1, -0.05) is 0 Å². The highest BCUT2D eigenvalue weighted by Gasteiger charge is 2.39. The summed E-state index contributed by atoms with van der Waals surface area (Å²) in [5, 5.41) is 13.5. The number of fused-ring (bicyclic) bond motifs is 1. The lowest BCUT2D eigenvalue weighted by Crippen LogP contribution is -2.39. The molecular formula is C19H16F3N5O4. The van der Waals surface area contributed by atoms with Crippen molar-refractivity contribution in [2.45, 2.75) is 24.9 Å². The first-order valence-corrected chi connectivity index (χ1v) is 9.54. The van der Waals surface area contributed by atoms with Crippen molar-refractivity contribution in [3.63, 3.8) is 0 Å². The van der Waals surface area contributed by atoms with E-state index in [1.54, 1.807) is 23.1 Å². The highest BCUT2D eigenvalue weighted by Crippen LogP contribution is 2.36. The Bertz CT molecular complexity index is 1130. The Kier molecular flexibility index (Phi) is 4.56. The van der Waals surface area contributed by atoms with Crippen molar-refractivity contribution < 1.29 is 31.9 Å². The number of carbonyl (C=O) groups is 1. The van der Waals surface area contributed by atoms with Gasteiger partial charge in [-0.3, -0.25) is 9.89 Å². The van der Waals surface area contributed by atoms with Gasteiger partial charge in [0.25, 0.3) is 5.91 Å². The third-order valence-corrected chi connectivity index (χ3v) is 5.22. The predicted molar refractivity (Wildman–Crippen MR) is 97.3 cm³/mol. The van der Waals surface area contributed by atoms with E-state index in [2.05, 4.69) is 20.4 Å². The van der Waals surface area contributed by atoms with Crippen LogP contribution in [0.15, 0.2) is 28.7 Å². The first-order chi connectivity index (χ1) is 14.9. The summed E-state index contributed by atoms with van der Waals surface area (Å²) in [5.74, 6) is -1.02. The SMILES string of the molecule is O=C(c1cc(-c2ccc3c(c2)OCO3)n[nH]1)N1CCCC(c2nnc(C(F)(F)F)o2)C1. The minimum Gasteiger partial charge on any atom is -0.454 e. The molecule has 162 valence electrons. The number of hydrogen-bond donors (Lipinski definition) is 1. The second-order valence-electron chi connectivity index (χ2n) is 7.27. The zero-order valence-electron chi connectivity index (χ0n) is 16.0. The summed E-state index contributed by atoms with van der Waals surface area (Å²) >= 11 is 0. The van der Waals surface area contributed by atoms with Crippen LogP contribution in [0.2, 0.25) is 0 Å². The number of nitrogens with one attached hydrogen (secondary N) is 1. The fourth-order valence-electron chi connectivity index (χ4n) is 3.68. The third kappa shape index (κ3) is 3.68. The Labute approximate surface area is 173 Å². The van der Waals surface area contributed by atoms with E-state index >= 15 is 0 Å². The Morgan fingerprint density at radius 2 is 2.00 bits per heavy atom. The molecule has 2 aromatic heterocycles. The number of halogens is 3.